The molecule has 0 N–H and O–H groups in total. The van der Waals surface area contributed by atoms with Crippen molar-refractivity contribution < 1.29 is 19.1 Å². The molecule has 0 spiro atoms. The fourth-order valence-corrected chi connectivity index (χ4v) is 4.17. The van der Waals surface area contributed by atoms with E-state index in [4.69, 9.17) is 9.47 Å². The number of esters is 1. The number of carbonyl (C=O) groups excluding carboxylic acids is 2. The maximum Gasteiger partial charge on any atom is 0.338 e. The van der Waals surface area contributed by atoms with Crippen LogP contribution < -0.4 is 0 Å². The predicted molar refractivity (Wildman–Crippen MR) is 120 cm³/mol. The number of Topliss-reactive ketones (excluding diaryl/α,β-unsaturated/α-hetero) is 1. The van der Waals surface area contributed by atoms with Crippen molar-refractivity contribution in [1.82, 2.24) is 9.13 Å². The second-order valence-electron chi connectivity index (χ2n) is 7.96. The van der Waals surface area contributed by atoms with E-state index in [1.807, 2.05) is 52.8 Å². The highest BCUT2D eigenvalue weighted by Crippen LogP contribution is 2.22. The number of hydrogen-bond acceptors (Lipinski definition) is 4. The Morgan fingerprint density at radius 2 is 1.55 bits per heavy atom. The van der Waals surface area contributed by atoms with Gasteiger partial charge in [0, 0.05) is 41.1 Å². The van der Waals surface area contributed by atoms with E-state index in [2.05, 4.69) is 21.3 Å². The Labute approximate surface area is 183 Å². The third-order valence-electron chi connectivity index (χ3n) is 5.60. The average molecular weight is 423 g/mol. The minimum absolute atomic E-state index is 0.111. The molecule has 0 amide bonds. The van der Waals surface area contributed by atoms with E-state index in [0.717, 1.165) is 28.5 Å². The first-order chi connectivity index (χ1) is 14.7. The summed E-state index contributed by atoms with van der Waals surface area (Å²) < 4.78 is 14.7. The normalized spacial score (nSPS) is 12.1. The minimum atomic E-state index is -0.512. The lowest BCUT2D eigenvalue weighted by Crippen LogP contribution is -2.17. The molecule has 0 aliphatic rings. The van der Waals surface area contributed by atoms with Crippen LogP contribution >= 0.6 is 0 Å². The Morgan fingerprint density at radius 3 is 2.13 bits per heavy atom. The number of aromatic nitrogens is 2. The van der Waals surface area contributed by atoms with Gasteiger partial charge in [0.25, 0.3) is 0 Å². The van der Waals surface area contributed by atoms with Crippen LogP contribution in [0.15, 0.2) is 42.5 Å². The van der Waals surface area contributed by atoms with Gasteiger partial charge in [-0.25, -0.2) is 4.79 Å². The minimum Gasteiger partial charge on any atom is -0.454 e. The summed E-state index contributed by atoms with van der Waals surface area (Å²) in [4.78, 5) is 25.2. The highest BCUT2D eigenvalue weighted by molar-refractivity contribution is 6.00. The topological polar surface area (TPSA) is 62.5 Å². The van der Waals surface area contributed by atoms with Gasteiger partial charge in [-0.05, 0) is 77.1 Å². The summed E-state index contributed by atoms with van der Waals surface area (Å²) in [5.41, 5.74) is 6.03. The summed E-state index contributed by atoms with van der Waals surface area (Å²) >= 11 is 0. The first-order valence-electron chi connectivity index (χ1n) is 10.4. The summed E-state index contributed by atoms with van der Waals surface area (Å²) in [6.07, 6.45) is 0. The van der Waals surface area contributed by atoms with Gasteiger partial charge in [0.15, 0.2) is 6.61 Å². The van der Waals surface area contributed by atoms with E-state index in [-0.39, 0.29) is 18.4 Å². The lowest BCUT2D eigenvalue weighted by molar-refractivity contribution is 0.0474. The zero-order valence-electron chi connectivity index (χ0n) is 19.1. The van der Waals surface area contributed by atoms with Gasteiger partial charge in [-0.2, -0.15) is 0 Å². The van der Waals surface area contributed by atoms with Gasteiger partial charge < -0.3 is 18.6 Å². The number of benzene rings is 1. The summed E-state index contributed by atoms with van der Waals surface area (Å²) in [5.74, 6) is -0.727. The molecule has 2 aromatic heterocycles. The van der Waals surface area contributed by atoms with Gasteiger partial charge >= 0.3 is 5.97 Å². The van der Waals surface area contributed by atoms with Crippen LogP contribution in [-0.2, 0) is 9.47 Å². The van der Waals surface area contributed by atoms with Crippen LogP contribution in [0.25, 0.3) is 5.69 Å². The number of carbonyl (C=O) groups is 2. The Bertz CT molecular complexity index is 1070. The van der Waals surface area contributed by atoms with Crippen LogP contribution in [0.3, 0.4) is 0 Å². The number of methoxy groups -OCH3 is 1. The fourth-order valence-electron chi connectivity index (χ4n) is 4.17. The van der Waals surface area contributed by atoms with Gasteiger partial charge in [-0.15, -0.1) is 0 Å². The molecular weight excluding hydrogens is 392 g/mol. The Morgan fingerprint density at radius 1 is 0.935 bits per heavy atom. The molecule has 1 aromatic carbocycles. The average Bonchev–Trinajstić information content (AvgIpc) is 3.23. The van der Waals surface area contributed by atoms with Gasteiger partial charge in [-0.1, -0.05) is 0 Å². The van der Waals surface area contributed by atoms with E-state index in [1.165, 1.54) is 0 Å². The molecule has 3 rings (SSSR count). The Balaban J connectivity index is 1.67. The van der Waals surface area contributed by atoms with Gasteiger partial charge in [0.1, 0.15) is 0 Å². The van der Waals surface area contributed by atoms with Crippen molar-refractivity contribution in [2.24, 2.45) is 0 Å². The summed E-state index contributed by atoms with van der Waals surface area (Å²) in [7, 11) is 1.66. The second kappa shape index (κ2) is 9.35. The molecule has 164 valence electrons. The highest BCUT2D eigenvalue weighted by atomic mass is 16.5. The molecule has 0 aliphatic carbocycles. The van der Waals surface area contributed by atoms with Crippen molar-refractivity contribution >= 4 is 11.8 Å². The van der Waals surface area contributed by atoms with Gasteiger partial charge in [0.2, 0.25) is 5.78 Å². The molecule has 1 atom stereocenters. The fraction of sp³-hybridized carbons (Fsp3) is 0.360. The van der Waals surface area contributed by atoms with E-state index < -0.39 is 5.97 Å². The molecule has 0 aliphatic heterocycles. The molecule has 6 nitrogen and oxygen atoms in total. The third-order valence-corrected chi connectivity index (χ3v) is 5.60. The number of rotatable bonds is 8. The smallest absolute Gasteiger partial charge is 0.338 e. The van der Waals surface area contributed by atoms with E-state index >= 15 is 0 Å². The Kier molecular flexibility index (Phi) is 6.81. The predicted octanol–water partition coefficient (Wildman–Crippen LogP) is 4.76. The summed E-state index contributed by atoms with van der Waals surface area (Å²) in [5, 5.41) is 0. The van der Waals surface area contributed by atoms with Crippen LogP contribution in [-0.4, -0.2) is 41.2 Å². The van der Waals surface area contributed by atoms with Crippen LogP contribution in [0.5, 0.6) is 0 Å². The first kappa shape index (κ1) is 22.6. The monoisotopic (exact) mass is 422 g/mol. The number of ether oxygens (including phenoxy) is 2. The molecule has 0 bridgehead atoms. The van der Waals surface area contributed by atoms with E-state index in [9.17, 15) is 9.59 Å². The largest absolute Gasteiger partial charge is 0.454 e. The SMILES string of the molecule is COC[C@@H](C)n1c(C)cc(C(=O)COC(=O)c2ccc(-n3c(C)ccc3C)cc2)c1C. The quantitative estimate of drug-likeness (QED) is 0.388. The van der Waals surface area contributed by atoms with Crippen molar-refractivity contribution in [3.8, 4) is 5.69 Å². The van der Waals surface area contributed by atoms with Crippen molar-refractivity contribution in [1.29, 1.82) is 0 Å². The zero-order chi connectivity index (χ0) is 22.7. The van der Waals surface area contributed by atoms with E-state index in [1.54, 1.807) is 19.2 Å². The number of aryl methyl sites for hydroxylation is 3. The van der Waals surface area contributed by atoms with Gasteiger partial charge in [0.05, 0.1) is 18.2 Å². The molecule has 0 saturated heterocycles. The lowest BCUT2D eigenvalue weighted by atomic mass is 10.1. The van der Waals surface area contributed by atoms with Crippen LogP contribution in [0.2, 0.25) is 0 Å². The molecule has 2 heterocycles. The summed E-state index contributed by atoms with van der Waals surface area (Å²) in [6.45, 7) is 10.2. The first-order valence-corrected chi connectivity index (χ1v) is 10.4. The van der Waals surface area contributed by atoms with Gasteiger partial charge in [-0.3, -0.25) is 4.79 Å². The standard InChI is InChI=1S/C25H30N2O4/c1-16-7-8-17(2)27(16)22-11-9-21(10-12-22)25(29)31-15-24(28)23-13-18(3)26(20(23)5)19(4)14-30-6/h7-13,19H,14-15H2,1-6H3/t19-/m1/s1. The third kappa shape index (κ3) is 4.64. The van der Waals surface area contributed by atoms with Crippen molar-refractivity contribution in [3.63, 3.8) is 0 Å². The van der Waals surface area contributed by atoms with Crippen molar-refractivity contribution in [2.45, 2.75) is 40.7 Å². The molecule has 6 heteroatoms. The highest BCUT2D eigenvalue weighted by Gasteiger charge is 2.20. The molecule has 31 heavy (non-hydrogen) atoms. The molecule has 0 fully saturated rings. The molecule has 0 unspecified atom stereocenters. The van der Waals surface area contributed by atoms with Crippen molar-refractivity contribution in [2.75, 3.05) is 20.3 Å². The van der Waals surface area contributed by atoms with Crippen LogP contribution in [0.1, 0.15) is 56.5 Å². The lowest BCUT2D eigenvalue weighted by Gasteiger charge is -2.17. The summed E-state index contributed by atoms with van der Waals surface area (Å²) in [6, 6.07) is 13.3. The number of ketones is 1. The number of nitrogens with zero attached hydrogens (tertiary/aromatic N) is 2. The van der Waals surface area contributed by atoms with Crippen LogP contribution in [0.4, 0.5) is 0 Å². The maximum absolute atomic E-state index is 12.7. The molecular formula is C25H30N2O4. The molecule has 3 aromatic rings. The second-order valence-corrected chi connectivity index (χ2v) is 7.96. The maximum atomic E-state index is 12.7. The van der Waals surface area contributed by atoms with Crippen LogP contribution in [0, 0.1) is 27.7 Å². The number of hydrogen-bond donors (Lipinski definition) is 0. The van der Waals surface area contributed by atoms with Crippen molar-refractivity contribution in [3.05, 3.63) is 76.4 Å². The molecule has 0 saturated carbocycles. The molecule has 0 radical (unpaired) electrons. The Hall–Kier alpha value is -3.12. The zero-order valence-corrected chi connectivity index (χ0v) is 19.1. The van der Waals surface area contributed by atoms with E-state index in [0.29, 0.717) is 17.7 Å².